The van der Waals surface area contributed by atoms with Crippen LogP contribution in [0, 0.1) is 0 Å². The van der Waals surface area contributed by atoms with E-state index in [9.17, 15) is 13.2 Å². The maximum absolute atomic E-state index is 12.4. The largest absolute Gasteiger partial charge is 0.301 e. The van der Waals surface area contributed by atoms with Crippen molar-refractivity contribution < 1.29 is 13.2 Å². The summed E-state index contributed by atoms with van der Waals surface area (Å²) in [4.78, 5) is 11.7. The van der Waals surface area contributed by atoms with Crippen LogP contribution in [0.1, 0.15) is 20.8 Å². The molecule has 2 aromatic heterocycles. The van der Waals surface area contributed by atoms with Gasteiger partial charge >= 0.3 is 0 Å². The molecule has 0 saturated carbocycles. The summed E-state index contributed by atoms with van der Waals surface area (Å²) < 4.78 is 26.6. The average molecular weight is 360 g/mol. The van der Waals surface area contributed by atoms with E-state index < -0.39 is 10.0 Å². The lowest BCUT2D eigenvalue weighted by molar-refractivity contribution is -0.114. The molecular formula is C12H16N4O3S3. The number of carbonyl (C=O) groups excluding carboxylic acids is 1. The number of amides is 1. The molecule has 0 unspecified atom stereocenters. The van der Waals surface area contributed by atoms with E-state index in [0.29, 0.717) is 28.1 Å². The first-order valence-electron chi connectivity index (χ1n) is 6.60. The molecule has 10 heteroatoms. The van der Waals surface area contributed by atoms with Crippen molar-refractivity contribution in [3.05, 3.63) is 12.1 Å². The molecule has 22 heavy (non-hydrogen) atoms. The third-order valence-electron chi connectivity index (χ3n) is 2.80. The van der Waals surface area contributed by atoms with Gasteiger partial charge in [0.1, 0.15) is 4.21 Å². The molecule has 0 aliphatic carbocycles. The van der Waals surface area contributed by atoms with E-state index in [4.69, 9.17) is 0 Å². The molecule has 0 atom stereocenters. The van der Waals surface area contributed by atoms with Crippen molar-refractivity contribution in [3.63, 3.8) is 0 Å². The number of hydrogen-bond donors (Lipinski definition) is 1. The van der Waals surface area contributed by atoms with Gasteiger partial charge in [0.2, 0.25) is 11.0 Å². The minimum Gasteiger partial charge on any atom is -0.301 e. The first-order valence-corrected chi connectivity index (χ1v) is 9.67. The normalized spacial score (nSPS) is 11.8. The van der Waals surface area contributed by atoms with E-state index in [1.54, 1.807) is 26.0 Å². The molecule has 7 nitrogen and oxygen atoms in total. The van der Waals surface area contributed by atoms with Gasteiger partial charge in [-0.2, -0.15) is 4.31 Å². The van der Waals surface area contributed by atoms with Crippen LogP contribution in [0.2, 0.25) is 0 Å². The Hall–Kier alpha value is -1.36. The number of aromatic nitrogens is 2. The average Bonchev–Trinajstić information content (AvgIpc) is 3.07. The van der Waals surface area contributed by atoms with Gasteiger partial charge in [-0.3, -0.25) is 4.79 Å². The second-order valence-corrected chi connectivity index (χ2v) is 8.53. The van der Waals surface area contributed by atoms with Crippen molar-refractivity contribution in [1.82, 2.24) is 14.5 Å². The topological polar surface area (TPSA) is 92.3 Å². The number of anilines is 1. The van der Waals surface area contributed by atoms with Gasteiger partial charge in [-0.1, -0.05) is 25.2 Å². The zero-order chi connectivity index (χ0) is 16.3. The smallest absolute Gasteiger partial charge is 0.252 e. The molecule has 0 spiro atoms. The monoisotopic (exact) mass is 360 g/mol. The van der Waals surface area contributed by atoms with Crippen molar-refractivity contribution in [3.8, 4) is 9.88 Å². The Kier molecular flexibility index (Phi) is 5.27. The number of thiophene rings is 1. The highest BCUT2D eigenvalue weighted by Crippen LogP contribution is 2.34. The number of sulfonamides is 1. The molecular weight excluding hydrogens is 344 g/mol. The van der Waals surface area contributed by atoms with Crippen molar-refractivity contribution in [1.29, 1.82) is 0 Å². The van der Waals surface area contributed by atoms with Gasteiger partial charge in [0.15, 0.2) is 5.01 Å². The lowest BCUT2D eigenvalue weighted by Crippen LogP contribution is -2.29. The zero-order valence-corrected chi connectivity index (χ0v) is 14.8. The fourth-order valence-electron chi connectivity index (χ4n) is 1.79. The molecule has 2 aromatic rings. The first-order chi connectivity index (χ1) is 10.4. The van der Waals surface area contributed by atoms with Gasteiger partial charge in [-0.15, -0.1) is 21.5 Å². The lowest BCUT2D eigenvalue weighted by atomic mass is 10.5. The number of rotatable bonds is 6. The van der Waals surface area contributed by atoms with Crippen molar-refractivity contribution in [2.24, 2.45) is 0 Å². The van der Waals surface area contributed by atoms with Crippen molar-refractivity contribution >= 4 is 43.7 Å². The van der Waals surface area contributed by atoms with E-state index in [0.717, 1.165) is 11.3 Å². The van der Waals surface area contributed by atoms with Gasteiger partial charge in [0.05, 0.1) is 4.88 Å². The Morgan fingerprint density at radius 3 is 2.50 bits per heavy atom. The van der Waals surface area contributed by atoms with E-state index >= 15 is 0 Å². The van der Waals surface area contributed by atoms with Gasteiger partial charge < -0.3 is 5.32 Å². The zero-order valence-electron chi connectivity index (χ0n) is 12.4. The molecule has 2 heterocycles. The molecule has 1 N–H and O–H groups in total. The third kappa shape index (κ3) is 3.51. The standard InChI is InChI=1S/C12H16N4O3S3/c1-4-16(5-2)22(18,19)10-7-6-9(20-10)11-14-15-12(21-11)13-8(3)17/h6-7H,4-5H2,1-3H3,(H,13,15,17). The van der Waals surface area contributed by atoms with E-state index in [-0.39, 0.29) is 10.1 Å². The maximum Gasteiger partial charge on any atom is 0.252 e. The van der Waals surface area contributed by atoms with Crippen LogP contribution in [0.4, 0.5) is 5.13 Å². The van der Waals surface area contributed by atoms with E-state index in [1.807, 2.05) is 0 Å². The maximum atomic E-state index is 12.4. The van der Waals surface area contributed by atoms with Crippen molar-refractivity contribution in [2.75, 3.05) is 18.4 Å². The van der Waals surface area contributed by atoms with Crippen LogP contribution >= 0.6 is 22.7 Å². The highest BCUT2D eigenvalue weighted by atomic mass is 32.2. The molecule has 0 aliphatic heterocycles. The quantitative estimate of drug-likeness (QED) is 0.853. The summed E-state index contributed by atoms with van der Waals surface area (Å²) in [6.07, 6.45) is 0. The highest BCUT2D eigenvalue weighted by molar-refractivity contribution is 7.91. The van der Waals surface area contributed by atoms with E-state index in [2.05, 4.69) is 15.5 Å². The minimum atomic E-state index is -3.46. The molecule has 0 aromatic carbocycles. The molecule has 0 saturated heterocycles. The molecule has 0 fully saturated rings. The third-order valence-corrected chi connectivity index (χ3v) is 7.41. The first kappa shape index (κ1) is 17.0. The molecule has 0 bridgehead atoms. The highest BCUT2D eigenvalue weighted by Gasteiger charge is 2.24. The lowest BCUT2D eigenvalue weighted by Gasteiger charge is -2.16. The summed E-state index contributed by atoms with van der Waals surface area (Å²) in [6.45, 7) is 5.86. The van der Waals surface area contributed by atoms with Crippen LogP contribution in [-0.2, 0) is 14.8 Å². The molecule has 1 amide bonds. The van der Waals surface area contributed by atoms with Crippen LogP contribution in [0.5, 0.6) is 0 Å². The molecule has 0 radical (unpaired) electrons. The Balaban J connectivity index is 2.28. The van der Waals surface area contributed by atoms with Crippen LogP contribution in [0.25, 0.3) is 9.88 Å². The summed E-state index contributed by atoms with van der Waals surface area (Å²) >= 11 is 2.36. The second kappa shape index (κ2) is 6.82. The summed E-state index contributed by atoms with van der Waals surface area (Å²) in [7, 11) is -3.46. The van der Waals surface area contributed by atoms with Crippen LogP contribution in [0.15, 0.2) is 16.3 Å². The van der Waals surface area contributed by atoms with Crippen molar-refractivity contribution in [2.45, 2.75) is 25.0 Å². The summed E-state index contributed by atoms with van der Waals surface area (Å²) in [5.74, 6) is -0.223. The van der Waals surface area contributed by atoms with Gasteiger partial charge in [0.25, 0.3) is 10.0 Å². The number of nitrogens with one attached hydrogen (secondary N) is 1. The predicted octanol–water partition coefficient (Wildman–Crippen LogP) is 2.26. The summed E-state index contributed by atoms with van der Waals surface area (Å²) in [6, 6.07) is 3.28. The Morgan fingerprint density at radius 1 is 1.23 bits per heavy atom. The fraction of sp³-hybridized carbons (Fsp3) is 0.417. The number of nitrogens with zero attached hydrogens (tertiary/aromatic N) is 3. The van der Waals surface area contributed by atoms with Gasteiger partial charge in [-0.25, -0.2) is 8.42 Å². The van der Waals surface area contributed by atoms with E-state index in [1.165, 1.54) is 22.6 Å². The van der Waals surface area contributed by atoms with Gasteiger partial charge in [0, 0.05) is 20.0 Å². The Morgan fingerprint density at radius 2 is 1.91 bits per heavy atom. The minimum absolute atomic E-state index is 0.223. The SMILES string of the molecule is CCN(CC)S(=O)(=O)c1ccc(-c2nnc(NC(C)=O)s2)s1. The van der Waals surface area contributed by atoms with Crippen LogP contribution in [0.3, 0.4) is 0 Å². The van der Waals surface area contributed by atoms with Gasteiger partial charge in [-0.05, 0) is 12.1 Å². The number of hydrogen-bond acceptors (Lipinski definition) is 7. The summed E-state index contributed by atoms with van der Waals surface area (Å²) in [5, 5.41) is 11.4. The molecule has 0 aliphatic rings. The van der Waals surface area contributed by atoms with Crippen LogP contribution < -0.4 is 5.32 Å². The number of carbonyl (C=O) groups is 1. The van der Waals surface area contributed by atoms with Crippen LogP contribution in [-0.4, -0.2) is 41.9 Å². The molecule has 2 rings (SSSR count). The second-order valence-electron chi connectivity index (χ2n) is 4.30. The molecule has 120 valence electrons. The Bertz CT molecular complexity index is 762. The fourth-order valence-corrected chi connectivity index (χ4v) is 5.55. The Labute approximate surface area is 137 Å². The predicted molar refractivity (Wildman–Crippen MR) is 87.6 cm³/mol. The summed E-state index contributed by atoms with van der Waals surface area (Å²) in [5.41, 5.74) is 0.